The zero-order valence-electron chi connectivity index (χ0n) is 15.8. The molecule has 1 amide bonds. The topological polar surface area (TPSA) is 49.3 Å². The van der Waals surface area contributed by atoms with E-state index in [-0.39, 0.29) is 12.0 Å². The Labute approximate surface area is 136 Å². The van der Waals surface area contributed by atoms with E-state index in [2.05, 4.69) is 61.2 Å². The van der Waals surface area contributed by atoms with Crippen molar-refractivity contribution in [3.05, 3.63) is 12.2 Å². The molecule has 0 aromatic carbocycles. The van der Waals surface area contributed by atoms with Gasteiger partial charge in [-0.25, -0.2) is 0 Å². The van der Waals surface area contributed by atoms with Gasteiger partial charge in [0.2, 0.25) is 6.67 Å². The summed E-state index contributed by atoms with van der Waals surface area (Å²) >= 11 is 0. The van der Waals surface area contributed by atoms with E-state index in [1.807, 2.05) is 0 Å². The number of nitrogens with one attached hydrogen (secondary N) is 1. The number of likely N-dealkylation sites (N-methyl/N-ethyl adjacent to an activating group) is 2. The number of hydrogen-bond donors (Lipinski definition) is 2. The number of hydrogen-bond acceptors (Lipinski definition) is 2. The van der Waals surface area contributed by atoms with E-state index in [9.17, 15) is 9.90 Å². The molecule has 0 saturated heterocycles. The fourth-order valence-corrected chi connectivity index (χ4v) is 2.84. The maximum absolute atomic E-state index is 11.6. The van der Waals surface area contributed by atoms with E-state index in [1.54, 1.807) is 6.92 Å². The smallest absolute Gasteiger partial charge is 0.250 e. The van der Waals surface area contributed by atoms with Crippen molar-refractivity contribution in [2.75, 3.05) is 75.8 Å². The number of quaternary nitrogens is 3. The van der Waals surface area contributed by atoms with Gasteiger partial charge in [-0.05, 0) is 6.92 Å². The second-order valence-corrected chi connectivity index (χ2v) is 8.77. The number of carbonyl (C=O) groups excluding carboxylic acids is 1. The van der Waals surface area contributed by atoms with Crippen molar-refractivity contribution in [3.63, 3.8) is 0 Å². The lowest BCUT2D eigenvalue weighted by Crippen LogP contribution is -2.61. The fourth-order valence-electron chi connectivity index (χ4n) is 2.84. The lowest BCUT2D eigenvalue weighted by Gasteiger charge is -2.40. The lowest BCUT2D eigenvalue weighted by atomic mass is 10.2. The van der Waals surface area contributed by atoms with Crippen LogP contribution < -0.4 is 5.32 Å². The Morgan fingerprint density at radius 3 is 1.95 bits per heavy atom. The first kappa shape index (κ1) is 21.0. The SMILES string of the molecule is C=C(C)C(=O)NC[N+](C)(C)C[N+](C)(C)CC(O)C[N+](C)(C)C. The van der Waals surface area contributed by atoms with Crippen LogP contribution >= 0.6 is 0 Å². The molecule has 1 atom stereocenters. The third-order valence-corrected chi connectivity index (χ3v) is 3.28. The Morgan fingerprint density at radius 2 is 1.55 bits per heavy atom. The monoisotopic (exact) mass is 317 g/mol. The second kappa shape index (κ2) is 7.55. The highest BCUT2D eigenvalue weighted by molar-refractivity contribution is 5.91. The largest absolute Gasteiger partial charge is 0.382 e. The molecule has 0 rings (SSSR count). The molecule has 130 valence electrons. The minimum atomic E-state index is -0.347. The molecule has 1 unspecified atom stereocenters. The predicted molar refractivity (Wildman–Crippen MR) is 90.7 cm³/mol. The van der Waals surface area contributed by atoms with Crippen LogP contribution in [0.3, 0.4) is 0 Å². The van der Waals surface area contributed by atoms with E-state index in [1.165, 1.54) is 0 Å². The summed E-state index contributed by atoms with van der Waals surface area (Å²) in [4.78, 5) is 11.6. The molecule has 0 heterocycles. The molecule has 6 heteroatoms. The first-order valence-electron chi connectivity index (χ1n) is 7.70. The normalized spacial score (nSPS) is 14.6. The van der Waals surface area contributed by atoms with Crippen LogP contribution in [0.4, 0.5) is 0 Å². The molecule has 22 heavy (non-hydrogen) atoms. The standard InChI is InChI=1S/C16H36N4O2/c1-14(2)16(22)17-12-20(8,9)13-19(6,7)11-15(21)10-18(3,4)5/h15,21H,1,10-13H2,2-9H3/q+2/p+1. The number of amides is 1. The molecule has 2 N–H and O–H groups in total. The first-order chi connectivity index (χ1) is 9.64. The first-order valence-corrected chi connectivity index (χ1v) is 7.70. The average molecular weight is 317 g/mol. The molecular formula is C16H37N4O2+3. The highest BCUT2D eigenvalue weighted by Crippen LogP contribution is 2.08. The predicted octanol–water partition coefficient (Wildman–Crippen LogP) is -0.186. The van der Waals surface area contributed by atoms with Crippen LogP contribution in [-0.4, -0.2) is 106 Å². The Balaban J connectivity index is 4.54. The summed E-state index contributed by atoms with van der Waals surface area (Å²) in [5.74, 6) is -0.110. The van der Waals surface area contributed by atoms with Gasteiger partial charge in [0.1, 0.15) is 13.1 Å². The van der Waals surface area contributed by atoms with Crippen LogP contribution in [0.1, 0.15) is 6.92 Å². The van der Waals surface area contributed by atoms with Crippen LogP contribution in [0.15, 0.2) is 12.2 Å². The van der Waals surface area contributed by atoms with Gasteiger partial charge >= 0.3 is 0 Å². The van der Waals surface area contributed by atoms with Gasteiger partial charge in [-0.2, -0.15) is 0 Å². The Hall–Kier alpha value is -0.950. The lowest BCUT2D eigenvalue weighted by molar-refractivity contribution is -1.07. The number of nitrogens with zero attached hydrogens (tertiary/aromatic N) is 3. The highest BCUT2D eigenvalue weighted by Gasteiger charge is 2.31. The van der Waals surface area contributed by atoms with Gasteiger partial charge in [0.25, 0.3) is 5.91 Å². The van der Waals surface area contributed by atoms with Gasteiger partial charge in [-0.1, -0.05) is 6.58 Å². The zero-order valence-corrected chi connectivity index (χ0v) is 15.8. The Bertz CT molecular complexity index is 397. The van der Waals surface area contributed by atoms with Crippen molar-refractivity contribution in [2.45, 2.75) is 13.0 Å². The summed E-state index contributed by atoms with van der Waals surface area (Å²) in [7, 11) is 14.6. The molecule has 0 aliphatic heterocycles. The van der Waals surface area contributed by atoms with Gasteiger partial charge in [0.05, 0.1) is 49.3 Å². The van der Waals surface area contributed by atoms with Crippen molar-refractivity contribution in [1.82, 2.24) is 5.32 Å². The average Bonchev–Trinajstić information content (AvgIpc) is 2.19. The van der Waals surface area contributed by atoms with Crippen LogP contribution in [0.2, 0.25) is 0 Å². The molecule has 0 aromatic rings. The van der Waals surface area contributed by atoms with E-state index in [0.717, 1.165) is 17.7 Å². The quantitative estimate of drug-likeness (QED) is 0.352. The maximum Gasteiger partial charge on any atom is 0.250 e. The summed E-state index contributed by atoms with van der Waals surface area (Å²) in [5, 5.41) is 13.2. The van der Waals surface area contributed by atoms with E-state index in [0.29, 0.717) is 27.8 Å². The molecule has 0 aliphatic carbocycles. The summed E-state index contributed by atoms with van der Waals surface area (Å²) in [6.07, 6.45) is -0.347. The molecule has 6 nitrogen and oxygen atoms in total. The molecule has 0 aromatic heterocycles. The van der Waals surface area contributed by atoms with Crippen LogP contribution in [-0.2, 0) is 4.79 Å². The summed E-state index contributed by atoms with van der Waals surface area (Å²) in [6.45, 7) is 8.11. The number of aliphatic hydroxyl groups excluding tert-OH is 1. The van der Waals surface area contributed by atoms with Crippen LogP contribution in [0.5, 0.6) is 0 Å². The molecule has 0 fully saturated rings. The third kappa shape index (κ3) is 9.89. The summed E-state index contributed by atoms with van der Waals surface area (Å²) in [5.41, 5.74) is 0.520. The van der Waals surface area contributed by atoms with Gasteiger partial charge in [-0.3, -0.25) is 13.8 Å². The third-order valence-electron chi connectivity index (χ3n) is 3.28. The number of carbonyl (C=O) groups is 1. The minimum absolute atomic E-state index is 0.110. The van der Waals surface area contributed by atoms with E-state index < -0.39 is 0 Å². The van der Waals surface area contributed by atoms with Gasteiger partial charge in [0.15, 0.2) is 12.8 Å². The number of rotatable bonds is 9. The van der Waals surface area contributed by atoms with Crippen LogP contribution in [0.25, 0.3) is 0 Å². The fraction of sp³-hybridized carbons (Fsp3) is 0.812. The van der Waals surface area contributed by atoms with Gasteiger partial charge in [0, 0.05) is 5.57 Å². The molecule has 0 aliphatic rings. The van der Waals surface area contributed by atoms with Crippen LogP contribution in [0, 0.1) is 0 Å². The summed E-state index contributed by atoms with van der Waals surface area (Å²) in [6, 6.07) is 0. The highest BCUT2D eigenvalue weighted by atomic mass is 16.3. The van der Waals surface area contributed by atoms with Crippen molar-refractivity contribution < 1.29 is 23.4 Å². The zero-order chi connectivity index (χ0) is 17.8. The van der Waals surface area contributed by atoms with Crippen molar-refractivity contribution in [1.29, 1.82) is 0 Å². The molecule has 0 radical (unpaired) electrons. The van der Waals surface area contributed by atoms with E-state index >= 15 is 0 Å². The molecule has 0 saturated carbocycles. The molecule has 0 bridgehead atoms. The Kier molecular flexibility index (Phi) is 7.22. The van der Waals surface area contributed by atoms with Gasteiger partial charge < -0.3 is 14.9 Å². The van der Waals surface area contributed by atoms with Crippen molar-refractivity contribution in [2.24, 2.45) is 0 Å². The van der Waals surface area contributed by atoms with E-state index in [4.69, 9.17) is 0 Å². The van der Waals surface area contributed by atoms with Crippen molar-refractivity contribution >= 4 is 5.91 Å². The number of aliphatic hydroxyl groups is 1. The summed E-state index contributed by atoms with van der Waals surface area (Å²) < 4.78 is 2.08. The van der Waals surface area contributed by atoms with Gasteiger partial charge in [-0.15, -0.1) is 0 Å². The molecular weight excluding hydrogens is 280 g/mol. The second-order valence-electron chi connectivity index (χ2n) is 8.77. The minimum Gasteiger partial charge on any atom is -0.382 e. The Morgan fingerprint density at radius 1 is 1.05 bits per heavy atom. The molecule has 0 spiro atoms. The maximum atomic E-state index is 11.6. The van der Waals surface area contributed by atoms with Crippen molar-refractivity contribution in [3.8, 4) is 0 Å².